The fourth-order valence-electron chi connectivity index (χ4n) is 1.17. The molecule has 0 atom stereocenters. The molecule has 1 aromatic carbocycles. The Morgan fingerprint density at radius 3 is 2.73 bits per heavy atom. The smallest absolute Gasteiger partial charge is 0.0968 e. The first kappa shape index (κ1) is 12.3. The maximum Gasteiger partial charge on any atom is 0.0968 e. The lowest BCUT2D eigenvalue weighted by atomic mass is 10.1. The molecule has 1 aromatic rings. The average Bonchev–Trinajstić information content (AvgIpc) is 2.23. The molecule has 2 N–H and O–H groups in total. The van der Waals surface area contributed by atoms with Gasteiger partial charge in [0.15, 0.2) is 0 Å². The van der Waals surface area contributed by atoms with Crippen molar-refractivity contribution in [2.75, 3.05) is 0 Å². The van der Waals surface area contributed by atoms with Crippen molar-refractivity contribution >= 4 is 39.9 Å². The Kier molecular flexibility index (Phi) is 4.43. The van der Waals surface area contributed by atoms with Crippen LogP contribution in [-0.4, -0.2) is 0 Å². The van der Waals surface area contributed by atoms with E-state index in [0.717, 1.165) is 9.13 Å². The Labute approximate surface area is 108 Å². The van der Waals surface area contributed by atoms with Crippen LogP contribution < -0.4 is 5.73 Å². The summed E-state index contributed by atoms with van der Waals surface area (Å²) in [5.41, 5.74) is 7.78. The van der Waals surface area contributed by atoms with Gasteiger partial charge in [-0.2, -0.15) is 5.26 Å². The van der Waals surface area contributed by atoms with Crippen LogP contribution in [0.15, 0.2) is 23.8 Å². The minimum Gasteiger partial charge on any atom is -0.397 e. The van der Waals surface area contributed by atoms with Gasteiger partial charge in [-0.15, -0.1) is 0 Å². The van der Waals surface area contributed by atoms with Gasteiger partial charge in [-0.05, 0) is 46.7 Å². The fraction of sp³-hybridized carbons (Fsp3) is 0.182. The molecule has 0 aliphatic carbocycles. The molecule has 0 fully saturated rings. The van der Waals surface area contributed by atoms with Crippen LogP contribution in [0.3, 0.4) is 0 Å². The summed E-state index contributed by atoms with van der Waals surface area (Å²) in [5.74, 6) is 0. The van der Waals surface area contributed by atoms with E-state index >= 15 is 0 Å². The lowest BCUT2D eigenvalue weighted by Crippen LogP contribution is -2.00. The summed E-state index contributed by atoms with van der Waals surface area (Å²) in [4.78, 5) is 0. The van der Waals surface area contributed by atoms with E-state index in [1.807, 2.05) is 19.1 Å². The third kappa shape index (κ3) is 2.86. The molecule has 0 bridgehead atoms. The Hall–Kier alpha value is -0.730. The molecule has 0 aliphatic rings. The van der Waals surface area contributed by atoms with Gasteiger partial charge >= 0.3 is 0 Å². The molecular formula is C11H10ClIN2. The van der Waals surface area contributed by atoms with Crippen molar-refractivity contribution in [3.63, 3.8) is 0 Å². The van der Waals surface area contributed by atoms with Crippen molar-refractivity contribution in [3.05, 3.63) is 37.9 Å². The molecule has 0 unspecified atom stereocenters. The number of allylic oxidation sites excluding steroid dienone is 1. The van der Waals surface area contributed by atoms with Gasteiger partial charge in [-0.1, -0.05) is 24.6 Å². The molecule has 0 spiro atoms. The van der Waals surface area contributed by atoms with Crippen LogP contribution in [0.25, 0.3) is 5.70 Å². The number of nitrogens with zero attached hydrogens (tertiary/aromatic N) is 1. The molecule has 0 radical (unpaired) electrons. The minimum absolute atomic E-state index is 0.512. The molecule has 0 aliphatic heterocycles. The molecule has 0 heterocycles. The van der Waals surface area contributed by atoms with Crippen LogP contribution in [0, 0.1) is 14.9 Å². The van der Waals surface area contributed by atoms with Crippen molar-refractivity contribution in [1.29, 1.82) is 5.26 Å². The summed E-state index contributed by atoms with van der Waals surface area (Å²) in [6.45, 7) is 1.90. The SMILES string of the molecule is CC/C(C#N)=C(/N)c1ccc(I)c(Cl)c1. The fourth-order valence-corrected chi connectivity index (χ4v) is 1.68. The predicted octanol–water partition coefficient (Wildman–Crippen LogP) is 3.55. The Morgan fingerprint density at radius 1 is 1.60 bits per heavy atom. The zero-order valence-corrected chi connectivity index (χ0v) is 11.1. The number of rotatable bonds is 2. The summed E-state index contributed by atoms with van der Waals surface area (Å²) >= 11 is 8.13. The van der Waals surface area contributed by atoms with Gasteiger partial charge in [0, 0.05) is 3.57 Å². The van der Waals surface area contributed by atoms with Gasteiger partial charge in [0.25, 0.3) is 0 Å². The predicted molar refractivity (Wildman–Crippen MR) is 71.2 cm³/mol. The first-order valence-electron chi connectivity index (χ1n) is 4.44. The van der Waals surface area contributed by atoms with Crippen LogP contribution >= 0.6 is 34.2 Å². The van der Waals surface area contributed by atoms with Crippen molar-refractivity contribution < 1.29 is 0 Å². The topological polar surface area (TPSA) is 49.8 Å². The van der Waals surface area contributed by atoms with Crippen molar-refractivity contribution in [2.24, 2.45) is 5.73 Å². The van der Waals surface area contributed by atoms with Gasteiger partial charge in [-0.25, -0.2) is 0 Å². The highest BCUT2D eigenvalue weighted by Gasteiger charge is 2.05. The number of hydrogen-bond donors (Lipinski definition) is 1. The van der Waals surface area contributed by atoms with E-state index in [0.29, 0.717) is 22.7 Å². The molecule has 15 heavy (non-hydrogen) atoms. The molecule has 0 aromatic heterocycles. The number of halogens is 2. The molecule has 0 amide bonds. The molecule has 78 valence electrons. The van der Waals surface area contributed by atoms with Crippen LogP contribution in [0.4, 0.5) is 0 Å². The largest absolute Gasteiger partial charge is 0.397 e. The highest BCUT2D eigenvalue weighted by atomic mass is 127. The molecule has 0 saturated carbocycles. The standard InChI is InChI=1S/C11H10ClIN2/c1-2-7(6-14)11(15)8-3-4-10(13)9(12)5-8/h3-5H,2,15H2,1H3/b11-7-. The third-order valence-electron chi connectivity index (χ3n) is 2.04. The van der Waals surface area contributed by atoms with E-state index < -0.39 is 0 Å². The maximum atomic E-state index is 8.86. The van der Waals surface area contributed by atoms with E-state index in [1.165, 1.54) is 0 Å². The third-order valence-corrected chi connectivity index (χ3v) is 3.62. The molecule has 4 heteroatoms. The maximum absolute atomic E-state index is 8.86. The minimum atomic E-state index is 0.512. The second kappa shape index (κ2) is 5.38. The number of nitriles is 1. The highest BCUT2D eigenvalue weighted by Crippen LogP contribution is 2.23. The molecule has 2 nitrogen and oxygen atoms in total. The van der Waals surface area contributed by atoms with Crippen LogP contribution in [0.1, 0.15) is 18.9 Å². The number of benzene rings is 1. The molecular weight excluding hydrogens is 322 g/mol. The average molecular weight is 333 g/mol. The lowest BCUT2D eigenvalue weighted by Gasteiger charge is -2.05. The monoisotopic (exact) mass is 332 g/mol. The van der Waals surface area contributed by atoms with E-state index in [-0.39, 0.29) is 0 Å². The summed E-state index contributed by atoms with van der Waals surface area (Å²) in [6.07, 6.45) is 0.631. The zero-order chi connectivity index (χ0) is 11.4. The van der Waals surface area contributed by atoms with Gasteiger partial charge in [-0.3, -0.25) is 0 Å². The van der Waals surface area contributed by atoms with Crippen LogP contribution in [-0.2, 0) is 0 Å². The van der Waals surface area contributed by atoms with Crippen LogP contribution in [0.5, 0.6) is 0 Å². The van der Waals surface area contributed by atoms with E-state index in [4.69, 9.17) is 22.6 Å². The second-order valence-electron chi connectivity index (χ2n) is 2.99. The summed E-state index contributed by atoms with van der Waals surface area (Å²) < 4.78 is 0.973. The molecule has 1 rings (SSSR count). The first-order valence-corrected chi connectivity index (χ1v) is 5.90. The highest BCUT2D eigenvalue weighted by molar-refractivity contribution is 14.1. The van der Waals surface area contributed by atoms with Crippen molar-refractivity contribution in [2.45, 2.75) is 13.3 Å². The van der Waals surface area contributed by atoms with E-state index in [9.17, 15) is 0 Å². The first-order chi connectivity index (χ1) is 7.10. The van der Waals surface area contributed by atoms with Gasteiger partial charge in [0.05, 0.1) is 22.4 Å². The Morgan fingerprint density at radius 2 is 2.27 bits per heavy atom. The summed E-state index contributed by atoms with van der Waals surface area (Å²) in [6, 6.07) is 7.63. The van der Waals surface area contributed by atoms with Gasteiger partial charge in [0.2, 0.25) is 0 Å². The molecule has 0 saturated heterocycles. The van der Waals surface area contributed by atoms with Crippen LogP contribution in [0.2, 0.25) is 5.02 Å². The quantitative estimate of drug-likeness (QED) is 0.665. The van der Waals surface area contributed by atoms with Crippen molar-refractivity contribution in [3.8, 4) is 6.07 Å². The van der Waals surface area contributed by atoms with E-state index in [1.54, 1.807) is 6.07 Å². The summed E-state index contributed by atoms with van der Waals surface area (Å²) in [5, 5.41) is 9.52. The normalized spacial score (nSPS) is 11.9. The van der Waals surface area contributed by atoms with Gasteiger partial charge in [0.1, 0.15) is 0 Å². The second-order valence-corrected chi connectivity index (χ2v) is 4.56. The lowest BCUT2D eigenvalue weighted by molar-refractivity contribution is 1.14. The number of nitrogens with two attached hydrogens (primary N) is 1. The van der Waals surface area contributed by atoms with Crippen molar-refractivity contribution in [1.82, 2.24) is 0 Å². The Bertz CT molecular complexity index is 446. The summed E-state index contributed by atoms with van der Waals surface area (Å²) in [7, 11) is 0. The Balaban J connectivity index is 3.24. The van der Waals surface area contributed by atoms with E-state index in [2.05, 4.69) is 28.7 Å². The zero-order valence-electron chi connectivity index (χ0n) is 8.22. The van der Waals surface area contributed by atoms with Gasteiger partial charge < -0.3 is 5.73 Å². The number of hydrogen-bond acceptors (Lipinski definition) is 2.